The summed E-state index contributed by atoms with van der Waals surface area (Å²) < 4.78 is 0. The van der Waals surface area contributed by atoms with E-state index < -0.39 is 5.97 Å². The van der Waals surface area contributed by atoms with Crippen LogP contribution >= 0.6 is 0 Å². The molecule has 0 bridgehead atoms. The zero-order chi connectivity index (χ0) is 15.1. The van der Waals surface area contributed by atoms with Crippen LogP contribution in [-0.2, 0) is 11.2 Å². The molecule has 0 aliphatic carbocycles. The van der Waals surface area contributed by atoms with Crippen LogP contribution in [-0.4, -0.2) is 17.1 Å². The summed E-state index contributed by atoms with van der Waals surface area (Å²) in [6, 6.07) is 6.39. The van der Waals surface area contributed by atoms with Crippen LogP contribution in [0.25, 0.3) is 0 Å². The summed E-state index contributed by atoms with van der Waals surface area (Å²) in [6.45, 7) is 6.05. The molecule has 0 spiro atoms. The predicted molar refractivity (Wildman–Crippen MR) is 78.5 cm³/mol. The van der Waals surface area contributed by atoms with Gasteiger partial charge >= 0.3 is 12.0 Å². The van der Waals surface area contributed by atoms with Gasteiger partial charge in [0.25, 0.3) is 0 Å². The summed E-state index contributed by atoms with van der Waals surface area (Å²) in [4.78, 5) is 22.2. The van der Waals surface area contributed by atoms with E-state index in [0.717, 1.165) is 5.57 Å². The molecule has 0 aliphatic rings. The Morgan fingerprint density at radius 3 is 2.35 bits per heavy atom. The van der Waals surface area contributed by atoms with Crippen molar-refractivity contribution in [2.45, 2.75) is 27.2 Å². The quantitative estimate of drug-likeness (QED) is 0.773. The van der Waals surface area contributed by atoms with E-state index in [-0.39, 0.29) is 12.5 Å². The zero-order valence-electron chi connectivity index (χ0n) is 11.9. The third kappa shape index (κ3) is 5.56. The maximum Gasteiger partial charge on any atom is 0.323 e. The maximum absolute atomic E-state index is 11.6. The highest BCUT2D eigenvalue weighted by molar-refractivity contribution is 5.89. The second kappa shape index (κ2) is 7.33. The second-order valence-corrected chi connectivity index (χ2v) is 4.91. The first-order chi connectivity index (χ1) is 9.38. The number of benzene rings is 1. The van der Waals surface area contributed by atoms with Crippen LogP contribution in [0.1, 0.15) is 26.3 Å². The minimum absolute atomic E-state index is 0.0250. The molecule has 1 aromatic carbocycles. The van der Waals surface area contributed by atoms with Gasteiger partial charge in [-0.15, -0.1) is 0 Å². The summed E-state index contributed by atoms with van der Waals surface area (Å²) in [5.41, 5.74) is 2.39. The number of rotatable bonds is 5. The first-order valence-electron chi connectivity index (χ1n) is 6.43. The van der Waals surface area contributed by atoms with Gasteiger partial charge in [-0.25, -0.2) is 4.79 Å². The largest absolute Gasteiger partial charge is 0.481 e. The van der Waals surface area contributed by atoms with Crippen LogP contribution in [0.15, 0.2) is 36.0 Å². The first-order valence-corrected chi connectivity index (χ1v) is 6.43. The van der Waals surface area contributed by atoms with E-state index in [1.54, 1.807) is 30.5 Å². The zero-order valence-corrected chi connectivity index (χ0v) is 11.9. The van der Waals surface area contributed by atoms with E-state index in [1.807, 2.05) is 20.8 Å². The van der Waals surface area contributed by atoms with Gasteiger partial charge in [0.2, 0.25) is 0 Å². The Kier molecular flexibility index (Phi) is 5.77. The molecule has 5 heteroatoms. The summed E-state index contributed by atoms with van der Waals surface area (Å²) in [7, 11) is 0. The molecule has 0 aromatic heterocycles. The molecule has 5 nitrogen and oxygen atoms in total. The van der Waals surface area contributed by atoms with Crippen LogP contribution in [0.2, 0.25) is 0 Å². The van der Waals surface area contributed by atoms with Gasteiger partial charge in [0.15, 0.2) is 0 Å². The second-order valence-electron chi connectivity index (χ2n) is 4.91. The Bertz CT molecular complexity index is 504. The van der Waals surface area contributed by atoms with Crippen molar-refractivity contribution in [3.8, 4) is 0 Å². The number of carbonyl (C=O) groups is 2. The molecule has 1 rings (SSSR count). The van der Waals surface area contributed by atoms with Crippen LogP contribution in [0.5, 0.6) is 0 Å². The Morgan fingerprint density at radius 2 is 1.85 bits per heavy atom. The first kappa shape index (κ1) is 15.8. The SMILES string of the molecule is C/C(=C\NC(=O)Nc1ccc(CC(=O)O)cc1)C(C)C. The number of urea groups is 1. The summed E-state index contributed by atoms with van der Waals surface area (Å²) in [5.74, 6) is -0.497. The van der Waals surface area contributed by atoms with E-state index >= 15 is 0 Å². The third-order valence-corrected chi connectivity index (χ3v) is 2.91. The van der Waals surface area contributed by atoms with Crippen molar-refractivity contribution in [1.82, 2.24) is 5.32 Å². The standard InChI is InChI=1S/C15H20N2O3/c1-10(2)11(3)9-16-15(20)17-13-6-4-12(5-7-13)8-14(18)19/h4-7,9-10H,8H2,1-3H3,(H,18,19)(H2,16,17,20)/b11-9+. The topological polar surface area (TPSA) is 78.4 Å². The number of amides is 2. The lowest BCUT2D eigenvalue weighted by Gasteiger charge is -2.08. The van der Waals surface area contributed by atoms with E-state index in [9.17, 15) is 9.59 Å². The number of carbonyl (C=O) groups excluding carboxylic acids is 1. The van der Waals surface area contributed by atoms with Crippen LogP contribution < -0.4 is 10.6 Å². The van der Waals surface area contributed by atoms with Crippen molar-refractivity contribution < 1.29 is 14.7 Å². The molecule has 0 atom stereocenters. The number of carboxylic acids is 1. The van der Waals surface area contributed by atoms with Crippen LogP contribution in [0.4, 0.5) is 10.5 Å². The van der Waals surface area contributed by atoms with E-state index in [4.69, 9.17) is 5.11 Å². The average Bonchev–Trinajstić information content (AvgIpc) is 2.37. The molecule has 2 amide bonds. The highest BCUT2D eigenvalue weighted by atomic mass is 16.4. The monoisotopic (exact) mass is 276 g/mol. The average molecular weight is 276 g/mol. The molecule has 0 heterocycles. The molecule has 0 saturated heterocycles. The molecular formula is C15H20N2O3. The summed E-state index contributed by atoms with van der Waals surface area (Å²) in [5, 5.41) is 14.0. The number of allylic oxidation sites excluding steroid dienone is 1. The molecule has 3 N–H and O–H groups in total. The molecule has 0 fully saturated rings. The van der Waals surface area contributed by atoms with Gasteiger partial charge in [-0.2, -0.15) is 0 Å². The lowest BCUT2D eigenvalue weighted by molar-refractivity contribution is -0.136. The molecular weight excluding hydrogens is 256 g/mol. The van der Waals surface area contributed by atoms with Crippen LogP contribution in [0.3, 0.4) is 0 Å². The van der Waals surface area contributed by atoms with E-state index in [1.165, 1.54) is 0 Å². The van der Waals surface area contributed by atoms with Crippen molar-refractivity contribution in [1.29, 1.82) is 0 Å². The molecule has 0 saturated carbocycles. The molecule has 0 aliphatic heterocycles. The Labute approximate surface area is 118 Å². The summed E-state index contributed by atoms with van der Waals surface area (Å²) >= 11 is 0. The Hall–Kier alpha value is -2.30. The van der Waals surface area contributed by atoms with Gasteiger partial charge < -0.3 is 15.7 Å². The van der Waals surface area contributed by atoms with Crippen molar-refractivity contribution >= 4 is 17.7 Å². The van der Waals surface area contributed by atoms with Crippen LogP contribution in [0, 0.1) is 5.92 Å². The fraction of sp³-hybridized carbons (Fsp3) is 0.333. The van der Waals surface area contributed by atoms with Gasteiger partial charge in [-0.05, 0) is 30.5 Å². The van der Waals surface area contributed by atoms with E-state index in [2.05, 4.69) is 10.6 Å². The van der Waals surface area contributed by atoms with Gasteiger partial charge in [0, 0.05) is 11.9 Å². The third-order valence-electron chi connectivity index (χ3n) is 2.91. The minimum Gasteiger partial charge on any atom is -0.481 e. The Balaban J connectivity index is 2.54. The van der Waals surface area contributed by atoms with Crippen molar-refractivity contribution in [2.75, 3.05) is 5.32 Å². The molecule has 0 radical (unpaired) electrons. The van der Waals surface area contributed by atoms with Crippen molar-refractivity contribution in [2.24, 2.45) is 5.92 Å². The van der Waals surface area contributed by atoms with Gasteiger partial charge in [0.1, 0.15) is 0 Å². The number of hydrogen-bond acceptors (Lipinski definition) is 2. The van der Waals surface area contributed by atoms with Crippen molar-refractivity contribution in [3.05, 3.63) is 41.6 Å². The van der Waals surface area contributed by atoms with E-state index in [0.29, 0.717) is 17.2 Å². The number of nitrogens with one attached hydrogen (secondary N) is 2. The lowest BCUT2D eigenvalue weighted by Crippen LogP contribution is -2.24. The number of aliphatic carboxylic acids is 1. The Morgan fingerprint density at radius 1 is 1.25 bits per heavy atom. The maximum atomic E-state index is 11.6. The van der Waals surface area contributed by atoms with Gasteiger partial charge in [-0.1, -0.05) is 31.6 Å². The summed E-state index contributed by atoms with van der Waals surface area (Å²) in [6.07, 6.45) is 1.65. The molecule has 108 valence electrons. The highest BCUT2D eigenvalue weighted by Gasteiger charge is 2.03. The molecule has 0 unspecified atom stereocenters. The normalized spacial score (nSPS) is 11.3. The van der Waals surface area contributed by atoms with Crippen molar-refractivity contribution in [3.63, 3.8) is 0 Å². The predicted octanol–water partition coefficient (Wildman–Crippen LogP) is 3.00. The smallest absolute Gasteiger partial charge is 0.323 e. The van der Waals surface area contributed by atoms with Gasteiger partial charge in [-0.3, -0.25) is 4.79 Å². The molecule has 20 heavy (non-hydrogen) atoms. The highest BCUT2D eigenvalue weighted by Crippen LogP contribution is 2.10. The fourth-order valence-electron chi connectivity index (χ4n) is 1.39. The number of anilines is 1. The fourth-order valence-corrected chi connectivity index (χ4v) is 1.39. The number of carboxylic acid groups (broad SMARTS) is 1. The number of hydrogen-bond donors (Lipinski definition) is 3. The van der Waals surface area contributed by atoms with Gasteiger partial charge in [0.05, 0.1) is 6.42 Å². The molecule has 1 aromatic rings. The lowest BCUT2D eigenvalue weighted by atomic mass is 10.1. The minimum atomic E-state index is -0.877.